The molecule has 1 heterocycles. The molecular weight excluding hydrogens is 200 g/mol. The van der Waals surface area contributed by atoms with Gasteiger partial charge in [-0.15, -0.1) is 11.3 Å². The number of hydrogen-bond donors (Lipinski definition) is 2. The second kappa shape index (κ2) is 5.07. The van der Waals surface area contributed by atoms with Crippen molar-refractivity contribution in [2.24, 2.45) is 0 Å². The van der Waals surface area contributed by atoms with Gasteiger partial charge in [0.15, 0.2) is 0 Å². The molecule has 2 N–H and O–H groups in total. The van der Waals surface area contributed by atoms with Crippen LogP contribution in [0.1, 0.15) is 17.6 Å². The van der Waals surface area contributed by atoms with E-state index in [0.29, 0.717) is 0 Å². The summed E-state index contributed by atoms with van der Waals surface area (Å²) in [5.74, 6) is -0.100. The minimum atomic E-state index is -0.192. The van der Waals surface area contributed by atoms with Gasteiger partial charge in [0.1, 0.15) is 0 Å². The molecule has 14 heavy (non-hydrogen) atoms. The minimum Gasteiger partial charge on any atom is -0.394 e. The third-order valence-electron chi connectivity index (χ3n) is 1.69. The minimum absolute atomic E-state index is 0.0398. The van der Waals surface area contributed by atoms with Crippen LogP contribution in [0.3, 0.4) is 0 Å². The molecule has 0 aliphatic carbocycles. The number of aliphatic hydroxyl groups is 1. The fourth-order valence-corrected chi connectivity index (χ4v) is 1.64. The first-order chi connectivity index (χ1) is 6.61. The second-order valence-corrected chi connectivity index (χ2v) is 4.25. The lowest BCUT2D eigenvalue weighted by atomic mass is 10.3. The molecule has 0 aliphatic heterocycles. The van der Waals surface area contributed by atoms with Crippen LogP contribution in [0.2, 0.25) is 0 Å². The highest BCUT2D eigenvalue weighted by molar-refractivity contribution is 7.09. The number of thiazole rings is 1. The quantitative estimate of drug-likeness (QED) is 0.767. The molecule has 5 heteroatoms. The monoisotopic (exact) mass is 214 g/mol. The number of amides is 1. The van der Waals surface area contributed by atoms with E-state index in [1.807, 2.05) is 12.3 Å². The Morgan fingerprint density at radius 2 is 2.50 bits per heavy atom. The molecule has 0 unspecified atom stereocenters. The smallest absolute Gasteiger partial charge is 0.226 e. The number of hydrogen-bond acceptors (Lipinski definition) is 4. The maximum absolute atomic E-state index is 11.3. The van der Waals surface area contributed by atoms with Gasteiger partial charge in [-0.3, -0.25) is 4.79 Å². The first-order valence-corrected chi connectivity index (χ1v) is 5.31. The number of nitrogens with zero attached hydrogens (tertiary/aromatic N) is 1. The molecule has 1 atom stereocenters. The fourth-order valence-electron chi connectivity index (χ4n) is 1.03. The van der Waals surface area contributed by atoms with Gasteiger partial charge in [0, 0.05) is 11.4 Å². The van der Waals surface area contributed by atoms with Crippen molar-refractivity contribution < 1.29 is 9.90 Å². The fraction of sp³-hybridized carbons (Fsp3) is 0.556. The lowest BCUT2D eigenvalue weighted by Crippen LogP contribution is -2.36. The normalized spacial score (nSPS) is 12.5. The van der Waals surface area contributed by atoms with Crippen molar-refractivity contribution in [3.63, 3.8) is 0 Å². The van der Waals surface area contributed by atoms with E-state index >= 15 is 0 Å². The number of nitrogens with one attached hydrogen (secondary N) is 1. The molecule has 0 saturated carbocycles. The number of aromatic nitrogens is 1. The van der Waals surface area contributed by atoms with Gasteiger partial charge in [0.2, 0.25) is 5.91 Å². The van der Waals surface area contributed by atoms with E-state index < -0.39 is 0 Å². The summed E-state index contributed by atoms with van der Waals surface area (Å²) in [6.45, 7) is 3.62. The van der Waals surface area contributed by atoms with Crippen LogP contribution in [0.15, 0.2) is 5.38 Å². The summed E-state index contributed by atoms with van der Waals surface area (Å²) in [6.07, 6.45) is 0.286. The van der Waals surface area contributed by atoms with Crippen LogP contribution in [0.25, 0.3) is 0 Å². The lowest BCUT2D eigenvalue weighted by Gasteiger charge is -2.09. The Labute approximate surface area is 87.0 Å². The van der Waals surface area contributed by atoms with E-state index in [2.05, 4.69) is 10.3 Å². The van der Waals surface area contributed by atoms with E-state index in [0.717, 1.165) is 10.7 Å². The number of carbonyl (C=O) groups excluding carboxylic acids is 1. The predicted octanol–water partition coefficient (Wildman–Crippen LogP) is 0.491. The number of carbonyl (C=O) groups is 1. The summed E-state index contributed by atoms with van der Waals surface area (Å²) in [5.41, 5.74) is 0.787. The van der Waals surface area contributed by atoms with Crippen molar-refractivity contribution in [2.75, 3.05) is 6.61 Å². The predicted molar refractivity (Wildman–Crippen MR) is 55.2 cm³/mol. The van der Waals surface area contributed by atoms with Crippen molar-refractivity contribution in [1.82, 2.24) is 10.3 Å². The van der Waals surface area contributed by atoms with E-state index in [9.17, 15) is 4.79 Å². The summed E-state index contributed by atoms with van der Waals surface area (Å²) in [4.78, 5) is 15.5. The van der Waals surface area contributed by atoms with Crippen LogP contribution in [0, 0.1) is 6.92 Å². The van der Waals surface area contributed by atoms with Crippen LogP contribution in [-0.4, -0.2) is 28.6 Å². The van der Waals surface area contributed by atoms with Gasteiger partial charge in [-0.1, -0.05) is 0 Å². The molecule has 0 spiro atoms. The van der Waals surface area contributed by atoms with Crippen LogP contribution in [0.5, 0.6) is 0 Å². The van der Waals surface area contributed by atoms with E-state index in [-0.39, 0.29) is 25.0 Å². The molecule has 4 nitrogen and oxygen atoms in total. The van der Waals surface area contributed by atoms with Gasteiger partial charge >= 0.3 is 0 Å². The molecule has 1 amide bonds. The summed E-state index contributed by atoms with van der Waals surface area (Å²) in [7, 11) is 0. The Balaban J connectivity index is 2.41. The summed E-state index contributed by atoms with van der Waals surface area (Å²) in [5, 5.41) is 14.2. The zero-order chi connectivity index (χ0) is 10.6. The van der Waals surface area contributed by atoms with Gasteiger partial charge in [0.25, 0.3) is 0 Å². The maximum atomic E-state index is 11.3. The number of aliphatic hydroxyl groups excluding tert-OH is 1. The third-order valence-corrected chi connectivity index (χ3v) is 2.51. The third kappa shape index (κ3) is 3.43. The average Bonchev–Trinajstić information content (AvgIpc) is 2.50. The van der Waals surface area contributed by atoms with Crippen molar-refractivity contribution in [2.45, 2.75) is 26.3 Å². The molecule has 0 fully saturated rings. The second-order valence-electron chi connectivity index (χ2n) is 3.19. The molecule has 0 saturated heterocycles. The Kier molecular flexibility index (Phi) is 4.03. The zero-order valence-corrected chi connectivity index (χ0v) is 9.10. The lowest BCUT2D eigenvalue weighted by molar-refractivity contribution is -0.121. The Hall–Kier alpha value is -0.940. The zero-order valence-electron chi connectivity index (χ0n) is 8.28. The van der Waals surface area contributed by atoms with Crippen LogP contribution in [0.4, 0.5) is 0 Å². The van der Waals surface area contributed by atoms with Gasteiger partial charge in [-0.2, -0.15) is 0 Å². The molecule has 1 aromatic heterocycles. The molecule has 0 aromatic carbocycles. The van der Waals surface area contributed by atoms with Gasteiger partial charge < -0.3 is 10.4 Å². The topological polar surface area (TPSA) is 62.2 Å². The molecule has 0 aliphatic rings. The molecule has 0 radical (unpaired) electrons. The van der Waals surface area contributed by atoms with E-state index in [4.69, 9.17) is 5.11 Å². The maximum Gasteiger partial charge on any atom is 0.226 e. The van der Waals surface area contributed by atoms with Gasteiger partial charge in [-0.25, -0.2) is 4.98 Å². The van der Waals surface area contributed by atoms with Crippen LogP contribution in [-0.2, 0) is 11.2 Å². The molecule has 78 valence electrons. The van der Waals surface area contributed by atoms with Crippen LogP contribution >= 0.6 is 11.3 Å². The Morgan fingerprint density at radius 3 is 3.00 bits per heavy atom. The molecule has 1 rings (SSSR count). The Morgan fingerprint density at radius 1 is 1.79 bits per heavy atom. The summed E-state index contributed by atoms with van der Waals surface area (Å²) in [6, 6.07) is -0.192. The van der Waals surface area contributed by atoms with Gasteiger partial charge in [0.05, 0.1) is 23.7 Å². The molecule has 1 aromatic rings. The van der Waals surface area contributed by atoms with Crippen LogP contribution < -0.4 is 5.32 Å². The standard InChI is InChI=1S/C9H14N2O2S/c1-6(4-12)10-9(13)3-8-5-14-7(2)11-8/h5-6,12H,3-4H2,1-2H3,(H,10,13)/t6-/m0/s1. The highest BCUT2D eigenvalue weighted by atomic mass is 32.1. The first kappa shape index (κ1) is 11.1. The van der Waals surface area contributed by atoms with Crippen molar-refractivity contribution in [3.8, 4) is 0 Å². The largest absolute Gasteiger partial charge is 0.394 e. The number of aryl methyl sites for hydroxylation is 1. The number of rotatable bonds is 4. The van der Waals surface area contributed by atoms with E-state index in [1.165, 1.54) is 11.3 Å². The van der Waals surface area contributed by atoms with Gasteiger partial charge in [-0.05, 0) is 13.8 Å². The van der Waals surface area contributed by atoms with Crippen molar-refractivity contribution in [1.29, 1.82) is 0 Å². The summed E-state index contributed by atoms with van der Waals surface area (Å²) >= 11 is 1.53. The van der Waals surface area contributed by atoms with Crippen molar-refractivity contribution >= 4 is 17.2 Å². The highest BCUT2D eigenvalue weighted by Gasteiger charge is 2.08. The molecule has 0 bridgehead atoms. The summed E-state index contributed by atoms with van der Waals surface area (Å²) < 4.78 is 0. The SMILES string of the molecule is Cc1nc(CC(=O)N[C@@H](C)CO)cs1. The molecular formula is C9H14N2O2S. The average molecular weight is 214 g/mol. The van der Waals surface area contributed by atoms with Crippen molar-refractivity contribution in [3.05, 3.63) is 16.1 Å². The van der Waals surface area contributed by atoms with E-state index in [1.54, 1.807) is 6.92 Å². The highest BCUT2D eigenvalue weighted by Crippen LogP contribution is 2.08. The Bertz CT molecular complexity index is 312. The first-order valence-electron chi connectivity index (χ1n) is 4.43.